The molecule has 2 aromatic carbocycles. The van der Waals surface area contributed by atoms with Crippen molar-refractivity contribution in [3.05, 3.63) is 60.2 Å². The number of halogens is 2. The molecule has 3 aromatic rings. The van der Waals surface area contributed by atoms with Gasteiger partial charge in [0, 0.05) is 30.3 Å². The van der Waals surface area contributed by atoms with Crippen LogP contribution in [0.2, 0.25) is 0 Å². The number of likely N-dealkylation sites (N-methyl/N-ethyl adjacent to an activating group) is 1. The molecule has 0 radical (unpaired) electrons. The Labute approximate surface area is 196 Å². The van der Waals surface area contributed by atoms with Crippen LogP contribution in [0.4, 0.5) is 14.6 Å². The minimum absolute atomic E-state index is 0.0264. The lowest BCUT2D eigenvalue weighted by Gasteiger charge is -2.22. The van der Waals surface area contributed by atoms with Crippen molar-refractivity contribution in [1.82, 2.24) is 9.88 Å². The normalized spacial score (nSPS) is 15.8. The average Bonchev–Trinajstić information content (AvgIpc) is 3.30. The molecule has 0 spiro atoms. The first-order valence-electron chi connectivity index (χ1n) is 10.8. The summed E-state index contributed by atoms with van der Waals surface area (Å²) < 4.78 is 30.9. The molecule has 7 nitrogen and oxygen atoms in total. The van der Waals surface area contributed by atoms with E-state index in [4.69, 9.17) is 15.5 Å². The number of amides is 1. The highest BCUT2D eigenvalue weighted by atomic mass is 19.3. The van der Waals surface area contributed by atoms with Crippen molar-refractivity contribution in [2.75, 3.05) is 32.1 Å². The predicted octanol–water partition coefficient (Wildman–Crippen LogP) is 3.96. The third kappa shape index (κ3) is 4.94. The quantitative estimate of drug-likeness (QED) is 0.545. The number of carbonyl (C=O) groups is 1. The monoisotopic (exact) mass is 468 g/mol. The Balaban J connectivity index is 1.85. The highest BCUT2D eigenvalue weighted by Crippen LogP contribution is 2.36. The summed E-state index contributed by atoms with van der Waals surface area (Å²) in [6.07, 6.45) is 0.963. The van der Waals surface area contributed by atoms with E-state index < -0.39 is 12.5 Å². The third-order valence-corrected chi connectivity index (χ3v) is 6.00. The maximum atomic E-state index is 13.0. The maximum absolute atomic E-state index is 13.0. The van der Waals surface area contributed by atoms with Crippen molar-refractivity contribution in [1.29, 1.82) is 0 Å². The molecule has 2 heterocycles. The summed E-state index contributed by atoms with van der Waals surface area (Å²) in [5, 5.41) is 9.99. The van der Waals surface area contributed by atoms with Gasteiger partial charge in [0.1, 0.15) is 17.3 Å². The zero-order valence-electron chi connectivity index (χ0n) is 18.9. The first-order valence-corrected chi connectivity index (χ1v) is 10.8. The zero-order chi connectivity index (χ0) is 24.4. The van der Waals surface area contributed by atoms with E-state index in [1.165, 1.54) is 18.2 Å². The van der Waals surface area contributed by atoms with Gasteiger partial charge in [0.15, 0.2) is 0 Å². The number of hydrogen-bond donors (Lipinski definition) is 2. The second-order valence-corrected chi connectivity index (χ2v) is 8.42. The van der Waals surface area contributed by atoms with Gasteiger partial charge >= 0.3 is 6.61 Å². The number of primary amides is 1. The molecule has 4 rings (SSSR count). The van der Waals surface area contributed by atoms with Crippen molar-refractivity contribution in [2.24, 2.45) is 5.73 Å². The fourth-order valence-corrected chi connectivity index (χ4v) is 4.15. The topological polar surface area (TPSA) is 91.9 Å². The molecule has 1 unspecified atom stereocenters. The molecule has 9 heteroatoms. The van der Waals surface area contributed by atoms with Gasteiger partial charge < -0.3 is 25.4 Å². The molecule has 1 saturated heterocycles. The number of pyridine rings is 1. The Hall–Kier alpha value is -3.72. The number of aromatic nitrogens is 1. The summed E-state index contributed by atoms with van der Waals surface area (Å²) in [4.78, 5) is 20.9. The fourth-order valence-electron chi connectivity index (χ4n) is 4.15. The second kappa shape index (κ2) is 9.64. The van der Waals surface area contributed by atoms with Crippen LogP contribution < -0.4 is 15.4 Å². The smallest absolute Gasteiger partial charge is 0.387 e. The van der Waals surface area contributed by atoms with Crippen LogP contribution in [0.1, 0.15) is 16.8 Å². The van der Waals surface area contributed by atoms with Gasteiger partial charge in [0.25, 0.3) is 5.91 Å². The molecule has 1 fully saturated rings. The summed E-state index contributed by atoms with van der Waals surface area (Å²) in [7, 11) is 4.06. The minimum atomic E-state index is -2.96. The number of ether oxygens (including phenoxy) is 1. The van der Waals surface area contributed by atoms with Crippen LogP contribution in [0.5, 0.6) is 11.5 Å². The molecule has 1 aliphatic rings. The minimum Gasteiger partial charge on any atom is -0.507 e. The lowest BCUT2D eigenvalue weighted by Crippen LogP contribution is -2.31. The van der Waals surface area contributed by atoms with E-state index in [2.05, 4.69) is 9.80 Å². The number of alkyl halides is 2. The number of nitrogens with zero attached hydrogens (tertiary/aromatic N) is 3. The molecule has 0 saturated carbocycles. The highest BCUT2D eigenvalue weighted by Gasteiger charge is 2.26. The van der Waals surface area contributed by atoms with E-state index in [0.717, 1.165) is 19.5 Å². The van der Waals surface area contributed by atoms with Crippen LogP contribution in [0, 0.1) is 0 Å². The molecular weight excluding hydrogens is 442 g/mol. The summed E-state index contributed by atoms with van der Waals surface area (Å²) in [6.45, 7) is -1.41. The van der Waals surface area contributed by atoms with Crippen molar-refractivity contribution in [3.8, 4) is 33.9 Å². The lowest BCUT2D eigenvalue weighted by atomic mass is 10.0. The number of carbonyl (C=O) groups excluding carboxylic acids is 1. The Morgan fingerprint density at radius 2 is 1.94 bits per heavy atom. The molecule has 1 amide bonds. The van der Waals surface area contributed by atoms with E-state index in [1.807, 2.05) is 20.2 Å². The summed E-state index contributed by atoms with van der Waals surface area (Å²) >= 11 is 0. The Kier molecular flexibility index (Phi) is 6.65. The lowest BCUT2D eigenvalue weighted by molar-refractivity contribution is -0.0494. The number of hydrogen-bond acceptors (Lipinski definition) is 6. The first-order chi connectivity index (χ1) is 16.2. The fraction of sp³-hybridized carbons (Fsp3) is 0.280. The number of para-hydroxylation sites is 1. The van der Waals surface area contributed by atoms with Gasteiger partial charge in [-0.2, -0.15) is 8.78 Å². The van der Waals surface area contributed by atoms with Gasteiger partial charge in [-0.1, -0.05) is 18.2 Å². The number of benzene rings is 2. The van der Waals surface area contributed by atoms with Crippen molar-refractivity contribution < 1.29 is 23.4 Å². The van der Waals surface area contributed by atoms with Gasteiger partial charge in [-0.25, -0.2) is 4.98 Å². The molecule has 1 atom stereocenters. The highest BCUT2D eigenvalue weighted by molar-refractivity contribution is 5.97. The number of anilines is 1. The standard InChI is InChI=1S/C25H26F2N4O3/c1-30(2)17-9-10-31(14-17)23-13-16(18-5-3-4-6-22(18)34-25(26)27)12-20(29-23)15-7-8-21(32)19(11-15)24(28)33/h3-8,11-13,17,25,32H,9-10,14H2,1-2H3,(H2,28,33). The molecule has 0 aliphatic carbocycles. The largest absolute Gasteiger partial charge is 0.507 e. The van der Waals surface area contributed by atoms with Crippen LogP contribution in [0.3, 0.4) is 0 Å². The number of nitrogens with two attached hydrogens (primary N) is 1. The molecule has 34 heavy (non-hydrogen) atoms. The molecular formula is C25H26F2N4O3. The number of rotatable bonds is 7. The van der Waals surface area contributed by atoms with Crippen LogP contribution in [-0.2, 0) is 0 Å². The van der Waals surface area contributed by atoms with Gasteiger partial charge in [-0.3, -0.25) is 4.79 Å². The summed E-state index contributed by atoms with van der Waals surface area (Å²) in [5.41, 5.74) is 7.57. The Morgan fingerprint density at radius 3 is 2.62 bits per heavy atom. The van der Waals surface area contributed by atoms with Crippen LogP contribution >= 0.6 is 0 Å². The van der Waals surface area contributed by atoms with Crippen molar-refractivity contribution >= 4 is 11.7 Å². The van der Waals surface area contributed by atoms with Gasteiger partial charge in [0.05, 0.1) is 11.3 Å². The van der Waals surface area contributed by atoms with Crippen LogP contribution in [-0.4, -0.2) is 60.7 Å². The SMILES string of the molecule is CN(C)C1CCN(c2cc(-c3ccccc3OC(F)F)cc(-c3ccc(O)c(C(N)=O)c3)n2)C1. The summed E-state index contributed by atoms with van der Waals surface area (Å²) in [6, 6.07) is 15.0. The predicted molar refractivity (Wildman–Crippen MR) is 126 cm³/mol. The van der Waals surface area contributed by atoms with Gasteiger partial charge in [0.2, 0.25) is 0 Å². The van der Waals surface area contributed by atoms with E-state index in [-0.39, 0.29) is 17.1 Å². The first kappa shape index (κ1) is 23.4. The van der Waals surface area contributed by atoms with Crippen LogP contribution in [0.25, 0.3) is 22.4 Å². The molecule has 0 bridgehead atoms. The van der Waals surface area contributed by atoms with E-state index in [0.29, 0.717) is 34.2 Å². The Bertz CT molecular complexity index is 1200. The average molecular weight is 469 g/mol. The van der Waals surface area contributed by atoms with E-state index in [1.54, 1.807) is 30.3 Å². The maximum Gasteiger partial charge on any atom is 0.387 e. The molecule has 178 valence electrons. The number of aromatic hydroxyl groups is 1. The molecule has 1 aromatic heterocycles. The third-order valence-electron chi connectivity index (χ3n) is 6.00. The van der Waals surface area contributed by atoms with Gasteiger partial charge in [-0.15, -0.1) is 0 Å². The van der Waals surface area contributed by atoms with Crippen molar-refractivity contribution in [3.63, 3.8) is 0 Å². The number of phenols is 1. The zero-order valence-corrected chi connectivity index (χ0v) is 18.9. The van der Waals surface area contributed by atoms with E-state index >= 15 is 0 Å². The molecule has 3 N–H and O–H groups in total. The second-order valence-electron chi connectivity index (χ2n) is 8.42. The molecule has 1 aliphatic heterocycles. The van der Waals surface area contributed by atoms with Gasteiger partial charge in [-0.05, 0) is 62.5 Å². The summed E-state index contributed by atoms with van der Waals surface area (Å²) in [5.74, 6) is -0.259. The Morgan fingerprint density at radius 1 is 1.18 bits per heavy atom. The van der Waals surface area contributed by atoms with Crippen LogP contribution in [0.15, 0.2) is 54.6 Å². The van der Waals surface area contributed by atoms with Crippen molar-refractivity contribution in [2.45, 2.75) is 19.1 Å². The van der Waals surface area contributed by atoms with E-state index in [9.17, 15) is 18.7 Å².